The molecular formula is C14H17F2N3O2. The average molecular weight is 297 g/mol. The van der Waals surface area contributed by atoms with E-state index in [2.05, 4.69) is 16.0 Å². The van der Waals surface area contributed by atoms with Gasteiger partial charge >= 0.3 is 0 Å². The third kappa shape index (κ3) is 3.90. The van der Waals surface area contributed by atoms with Gasteiger partial charge in [0, 0.05) is 31.6 Å². The Morgan fingerprint density at radius 2 is 1.71 bits per heavy atom. The van der Waals surface area contributed by atoms with E-state index in [1.807, 2.05) is 0 Å². The van der Waals surface area contributed by atoms with Gasteiger partial charge in [-0.05, 0) is 25.0 Å². The van der Waals surface area contributed by atoms with Crippen LogP contribution in [-0.2, 0) is 4.79 Å². The number of carbonyl (C=O) groups is 2. The summed E-state index contributed by atoms with van der Waals surface area (Å²) in [6.07, 6.45) is 1.82. The summed E-state index contributed by atoms with van der Waals surface area (Å²) < 4.78 is 27.0. The summed E-state index contributed by atoms with van der Waals surface area (Å²) in [4.78, 5) is 23.1. The molecule has 0 aliphatic heterocycles. The molecule has 114 valence electrons. The van der Waals surface area contributed by atoms with E-state index in [4.69, 9.17) is 0 Å². The van der Waals surface area contributed by atoms with Crippen LogP contribution in [-0.4, -0.2) is 32.0 Å². The van der Waals surface area contributed by atoms with E-state index in [1.165, 1.54) is 7.05 Å². The number of amides is 2. The van der Waals surface area contributed by atoms with Crippen LogP contribution in [0.5, 0.6) is 0 Å². The lowest BCUT2D eigenvalue weighted by Gasteiger charge is -2.09. The minimum Gasteiger partial charge on any atom is -0.383 e. The van der Waals surface area contributed by atoms with Gasteiger partial charge in [-0.1, -0.05) is 0 Å². The molecule has 3 N–H and O–H groups in total. The van der Waals surface area contributed by atoms with Crippen LogP contribution in [0.1, 0.15) is 23.2 Å². The van der Waals surface area contributed by atoms with Gasteiger partial charge in [-0.25, -0.2) is 8.78 Å². The summed E-state index contributed by atoms with van der Waals surface area (Å²) in [7, 11) is 1.39. The van der Waals surface area contributed by atoms with Crippen LogP contribution in [0.15, 0.2) is 12.1 Å². The summed E-state index contributed by atoms with van der Waals surface area (Å²) in [5.74, 6) is -2.15. The van der Waals surface area contributed by atoms with Crippen molar-refractivity contribution in [3.63, 3.8) is 0 Å². The predicted octanol–water partition coefficient (Wildman–Crippen LogP) is 1.26. The third-order valence-corrected chi connectivity index (χ3v) is 3.21. The number of hydrogen-bond acceptors (Lipinski definition) is 3. The molecule has 0 saturated heterocycles. The molecule has 0 atom stereocenters. The minimum atomic E-state index is -0.829. The normalized spacial score (nSPS) is 13.7. The quantitative estimate of drug-likeness (QED) is 0.692. The lowest BCUT2D eigenvalue weighted by Crippen LogP contribution is -2.35. The summed E-state index contributed by atoms with van der Waals surface area (Å²) >= 11 is 0. The first-order valence-corrected chi connectivity index (χ1v) is 6.75. The SMILES string of the molecule is CNc1c(F)cc(C(=O)NCCNC(=O)C2CC2)cc1F. The Balaban J connectivity index is 1.84. The zero-order valence-electron chi connectivity index (χ0n) is 11.6. The first kappa shape index (κ1) is 15.2. The highest BCUT2D eigenvalue weighted by molar-refractivity contribution is 5.94. The average Bonchev–Trinajstić information content (AvgIpc) is 3.27. The molecule has 2 rings (SSSR count). The topological polar surface area (TPSA) is 70.2 Å². The first-order valence-electron chi connectivity index (χ1n) is 6.75. The monoisotopic (exact) mass is 297 g/mol. The number of halogens is 2. The molecule has 1 aromatic rings. The Kier molecular flexibility index (Phi) is 4.72. The molecule has 1 aliphatic rings. The van der Waals surface area contributed by atoms with Crippen molar-refractivity contribution in [2.75, 3.05) is 25.5 Å². The van der Waals surface area contributed by atoms with Crippen molar-refractivity contribution in [1.29, 1.82) is 0 Å². The smallest absolute Gasteiger partial charge is 0.251 e. The molecule has 1 saturated carbocycles. The Morgan fingerprint density at radius 3 is 2.24 bits per heavy atom. The van der Waals surface area contributed by atoms with E-state index in [9.17, 15) is 18.4 Å². The van der Waals surface area contributed by atoms with Crippen molar-refractivity contribution in [3.8, 4) is 0 Å². The molecule has 0 spiro atoms. The van der Waals surface area contributed by atoms with Gasteiger partial charge in [0.1, 0.15) is 17.3 Å². The zero-order chi connectivity index (χ0) is 15.4. The summed E-state index contributed by atoms with van der Waals surface area (Å²) in [5, 5.41) is 7.56. The minimum absolute atomic E-state index is 0.0142. The van der Waals surface area contributed by atoms with Crippen LogP contribution in [0.2, 0.25) is 0 Å². The molecule has 0 radical (unpaired) electrons. The van der Waals surface area contributed by atoms with E-state index in [0.717, 1.165) is 25.0 Å². The van der Waals surface area contributed by atoms with Crippen LogP contribution in [0.4, 0.5) is 14.5 Å². The maximum absolute atomic E-state index is 13.5. The zero-order valence-corrected chi connectivity index (χ0v) is 11.6. The van der Waals surface area contributed by atoms with Gasteiger partial charge in [0.15, 0.2) is 0 Å². The number of anilines is 1. The Labute approximate surface area is 121 Å². The van der Waals surface area contributed by atoms with Crippen LogP contribution in [0, 0.1) is 17.6 Å². The number of rotatable bonds is 6. The molecular weight excluding hydrogens is 280 g/mol. The van der Waals surface area contributed by atoms with E-state index >= 15 is 0 Å². The molecule has 21 heavy (non-hydrogen) atoms. The molecule has 5 nitrogen and oxygen atoms in total. The molecule has 0 heterocycles. The highest BCUT2D eigenvalue weighted by atomic mass is 19.1. The fourth-order valence-electron chi connectivity index (χ4n) is 1.90. The molecule has 0 bridgehead atoms. The largest absolute Gasteiger partial charge is 0.383 e. The summed E-state index contributed by atoms with van der Waals surface area (Å²) in [5.41, 5.74) is -0.374. The van der Waals surface area contributed by atoms with Crippen molar-refractivity contribution in [3.05, 3.63) is 29.3 Å². The maximum atomic E-state index is 13.5. The van der Waals surface area contributed by atoms with Gasteiger partial charge in [0.25, 0.3) is 5.91 Å². The Morgan fingerprint density at radius 1 is 1.14 bits per heavy atom. The van der Waals surface area contributed by atoms with Gasteiger partial charge in [-0.15, -0.1) is 0 Å². The number of nitrogens with one attached hydrogen (secondary N) is 3. The van der Waals surface area contributed by atoms with Gasteiger partial charge in [0.2, 0.25) is 5.91 Å². The predicted molar refractivity (Wildman–Crippen MR) is 74.0 cm³/mol. The molecule has 2 amide bonds. The molecule has 0 aromatic heterocycles. The van der Waals surface area contributed by atoms with Crippen LogP contribution in [0.25, 0.3) is 0 Å². The van der Waals surface area contributed by atoms with Crippen LogP contribution in [0.3, 0.4) is 0 Å². The fourth-order valence-corrected chi connectivity index (χ4v) is 1.90. The number of hydrogen-bond donors (Lipinski definition) is 3. The molecule has 7 heteroatoms. The van der Waals surface area contributed by atoms with Gasteiger partial charge in [-0.3, -0.25) is 9.59 Å². The van der Waals surface area contributed by atoms with Crippen molar-refractivity contribution in [1.82, 2.24) is 10.6 Å². The lowest BCUT2D eigenvalue weighted by molar-refractivity contribution is -0.122. The van der Waals surface area contributed by atoms with Crippen molar-refractivity contribution >= 4 is 17.5 Å². The fraction of sp³-hybridized carbons (Fsp3) is 0.429. The van der Waals surface area contributed by atoms with E-state index in [1.54, 1.807) is 0 Å². The van der Waals surface area contributed by atoms with E-state index < -0.39 is 17.5 Å². The summed E-state index contributed by atoms with van der Waals surface area (Å²) in [6, 6.07) is 1.93. The molecule has 1 aliphatic carbocycles. The lowest BCUT2D eigenvalue weighted by atomic mass is 10.1. The number of benzene rings is 1. The van der Waals surface area contributed by atoms with Crippen LogP contribution >= 0.6 is 0 Å². The number of carbonyl (C=O) groups excluding carboxylic acids is 2. The first-order chi connectivity index (χ1) is 10.0. The highest BCUT2D eigenvalue weighted by Gasteiger charge is 2.29. The molecule has 0 unspecified atom stereocenters. The van der Waals surface area contributed by atoms with Gasteiger partial charge in [0.05, 0.1) is 0 Å². The Hall–Kier alpha value is -2.18. The molecule has 1 aromatic carbocycles. The third-order valence-electron chi connectivity index (χ3n) is 3.21. The van der Waals surface area contributed by atoms with Crippen molar-refractivity contribution < 1.29 is 18.4 Å². The second-order valence-electron chi connectivity index (χ2n) is 4.89. The standard InChI is InChI=1S/C14H17F2N3O2/c1-17-12-10(15)6-9(7-11(12)16)14(21)19-5-4-18-13(20)8-2-3-8/h6-8,17H,2-5H2,1H3,(H,18,20)(H,19,21). The maximum Gasteiger partial charge on any atom is 0.251 e. The van der Waals surface area contributed by atoms with Gasteiger partial charge in [-0.2, -0.15) is 0 Å². The Bertz CT molecular complexity index is 536. The molecule has 1 fully saturated rings. The highest BCUT2D eigenvalue weighted by Crippen LogP contribution is 2.28. The van der Waals surface area contributed by atoms with Gasteiger partial charge < -0.3 is 16.0 Å². The van der Waals surface area contributed by atoms with E-state index in [0.29, 0.717) is 6.54 Å². The van der Waals surface area contributed by atoms with Crippen LogP contribution < -0.4 is 16.0 Å². The second kappa shape index (κ2) is 6.51. The summed E-state index contributed by atoms with van der Waals surface area (Å²) in [6.45, 7) is 0.495. The van der Waals surface area contributed by atoms with Crippen molar-refractivity contribution in [2.45, 2.75) is 12.8 Å². The van der Waals surface area contributed by atoms with E-state index in [-0.39, 0.29) is 29.6 Å². The second-order valence-corrected chi connectivity index (χ2v) is 4.89. The van der Waals surface area contributed by atoms with Crippen molar-refractivity contribution in [2.24, 2.45) is 5.92 Å².